The first-order chi connectivity index (χ1) is 11.5. The van der Waals surface area contributed by atoms with Crippen molar-refractivity contribution in [3.8, 4) is 11.5 Å². The summed E-state index contributed by atoms with van der Waals surface area (Å²) in [6.45, 7) is 0.652. The molecule has 0 bridgehead atoms. The lowest BCUT2D eigenvalue weighted by Gasteiger charge is -2.29. The van der Waals surface area contributed by atoms with Crippen LogP contribution in [0.3, 0.4) is 0 Å². The molecule has 0 radical (unpaired) electrons. The minimum atomic E-state index is -0.522. The number of carbonyl (C=O) groups is 1. The van der Waals surface area contributed by atoms with Crippen LogP contribution in [0, 0.1) is 10.1 Å². The Morgan fingerprint density at radius 3 is 2.75 bits per heavy atom. The number of nitro groups is 1. The first kappa shape index (κ1) is 15.8. The Hall–Kier alpha value is -3.09. The third-order valence-corrected chi connectivity index (χ3v) is 3.70. The van der Waals surface area contributed by atoms with E-state index in [9.17, 15) is 14.9 Å². The van der Waals surface area contributed by atoms with Gasteiger partial charge in [0, 0.05) is 24.7 Å². The number of likely N-dealkylation sites (N-methyl/N-ethyl adjacent to an activating group) is 1. The van der Waals surface area contributed by atoms with E-state index in [1.165, 1.54) is 23.1 Å². The van der Waals surface area contributed by atoms with Crippen LogP contribution < -0.4 is 9.47 Å². The molecule has 0 spiro atoms. The second-order valence-corrected chi connectivity index (χ2v) is 5.49. The van der Waals surface area contributed by atoms with Crippen LogP contribution in [0.25, 0.3) is 0 Å². The number of hydrogen-bond donors (Lipinski definition) is 0. The molecule has 124 valence electrons. The van der Waals surface area contributed by atoms with Crippen LogP contribution in [-0.2, 0) is 0 Å². The van der Waals surface area contributed by atoms with E-state index in [2.05, 4.69) is 0 Å². The van der Waals surface area contributed by atoms with E-state index in [-0.39, 0.29) is 23.3 Å². The Morgan fingerprint density at radius 2 is 2.00 bits per heavy atom. The van der Waals surface area contributed by atoms with Gasteiger partial charge in [0.15, 0.2) is 17.6 Å². The predicted octanol–water partition coefficient (Wildman–Crippen LogP) is 2.51. The smallest absolute Gasteiger partial charge is 0.270 e. The van der Waals surface area contributed by atoms with Crippen molar-refractivity contribution in [2.75, 3.05) is 20.2 Å². The Bertz CT molecular complexity index is 777. The second-order valence-electron chi connectivity index (χ2n) is 5.49. The van der Waals surface area contributed by atoms with Gasteiger partial charge in [-0.15, -0.1) is 0 Å². The van der Waals surface area contributed by atoms with Crippen LogP contribution in [-0.4, -0.2) is 42.0 Å². The molecule has 1 heterocycles. The Morgan fingerprint density at radius 1 is 1.25 bits per heavy atom. The summed E-state index contributed by atoms with van der Waals surface area (Å²) in [5.41, 5.74) is 0.157. The lowest BCUT2D eigenvalue weighted by atomic mass is 10.1. The molecule has 1 aliphatic heterocycles. The normalized spacial score (nSPS) is 15.6. The highest BCUT2D eigenvalue weighted by Gasteiger charge is 2.24. The van der Waals surface area contributed by atoms with Crippen LogP contribution in [0.2, 0.25) is 0 Å². The van der Waals surface area contributed by atoms with Gasteiger partial charge in [0.05, 0.1) is 11.5 Å². The van der Waals surface area contributed by atoms with E-state index >= 15 is 0 Å². The van der Waals surface area contributed by atoms with Crippen molar-refractivity contribution in [1.82, 2.24) is 4.90 Å². The number of amides is 1. The Balaban J connectivity index is 1.67. The van der Waals surface area contributed by atoms with E-state index in [0.717, 1.165) is 0 Å². The molecule has 1 aliphatic rings. The highest BCUT2D eigenvalue weighted by molar-refractivity contribution is 5.94. The maximum atomic E-state index is 12.4. The van der Waals surface area contributed by atoms with E-state index in [0.29, 0.717) is 24.7 Å². The van der Waals surface area contributed by atoms with Crippen molar-refractivity contribution in [2.45, 2.75) is 6.10 Å². The van der Waals surface area contributed by atoms with Crippen LogP contribution in [0.1, 0.15) is 10.4 Å². The number of benzene rings is 2. The molecule has 2 aromatic carbocycles. The maximum Gasteiger partial charge on any atom is 0.270 e. The Labute approximate surface area is 138 Å². The van der Waals surface area contributed by atoms with E-state index < -0.39 is 4.92 Å². The summed E-state index contributed by atoms with van der Waals surface area (Å²) in [6, 6.07) is 13.0. The molecule has 0 fully saturated rings. The number of para-hydroxylation sites is 2. The number of rotatable bonds is 4. The van der Waals surface area contributed by atoms with Gasteiger partial charge in [0.2, 0.25) is 0 Å². The molecular weight excluding hydrogens is 312 g/mol. The van der Waals surface area contributed by atoms with Gasteiger partial charge >= 0.3 is 0 Å². The zero-order chi connectivity index (χ0) is 17.1. The summed E-state index contributed by atoms with van der Waals surface area (Å²) in [5.74, 6) is 1.02. The topological polar surface area (TPSA) is 81.9 Å². The van der Waals surface area contributed by atoms with Gasteiger partial charge in [0.1, 0.15) is 6.61 Å². The highest BCUT2D eigenvalue weighted by Crippen LogP contribution is 2.31. The van der Waals surface area contributed by atoms with Gasteiger partial charge in [-0.2, -0.15) is 0 Å². The molecule has 0 saturated heterocycles. The summed E-state index contributed by atoms with van der Waals surface area (Å²) in [5, 5.41) is 10.8. The lowest BCUT2D eigenvalue weighted by Crippen LogP contribution is -2.41. The predicted molar refractivity (Wildman–Crippen MR) is 86.4 cm³/mol. The summed E-state index contributed by atoms with van der Waals surface area (Å²) in [7, 11) is 1.63. The largest absolute Gasteiger partial charge is 0.486 e. The maximum absolute atomic E-state index is 12.4. The van der Waals surface area contributed by atoms with Gasteiger partial charge in [-0.05, 0) is 18.2 Å². The summed E-state index contributed by atoms with van der Waals surface area (Å²) in [6.07, 6.45) is -0.299. The van der Waals surface area contributed by atoms with Gasteiger partial charge < -0.3 is 14.4 Å². The summed E-state index contributed by atoms with van der Waals surface area (Å²) in [4.78, 5) is 24.2. The molecule has 1 atom stereocenters. The number of nitro benzene ring substituents is 1. The van der Waals surface area contributed by atoms with Gasteiger partial charge in [-0.25, -0.2) is 0 Å². The molecule has 1 unspecified atom stereocenters. The standard InChI is InChI=1S/C17H16N2O5/c1-18(17(20)12-5-4-6-13(9-12)19(21)22)10-14-11-23-15-7-2-3-8-16(15)24-14/h2-9,14H,10-11H2,1H3. The first-order valence-electron chi connectivity index (χ1n) is 7.43. The Kier molecular flexibility index (Phi) is 4.33. The fourth-order valence-electron chi connectivity index (χ4n) is 2.51. The van der Waals surface area contributed by atoms with Crippen LogP contribution >= 0.6 is 0 Å². The number of non-ortho nitro benzene ring substituents is 1. The van der Waals surface area contributed by atoms with Crippen molar-refractivity contribution in [1.29, 1.82) is 0 Å². The molecular formula is C17H16N2O5. The van der Waals surface area contributed by atoms with Crippen molar-refractivity contribution >= 4 is 11.6 Å². The number of carbonyl (C=O) groups excluding carboxylic acids is 1. The number of ether oxygens (including phenoxy) is 2. The molecule has 0 aliphatic carbocycles. The van der Waals surface area contributed by atoms with E-state index in [1.54, 1.807) is 13.1 Å². The third-order valence-electron chi connectivity index (χ3n) is 3.70. The van der Waals surface area contributed by atoms with E-state index in [1.807, 2.05) is 24.3 Å². The SMILES string of the molecule is CN(CC1COc2ccccc2O1)C(=O)c1cccc([N+](=O)[O-])c1. The van der Waals surface area contributed by atoms with Gasteiger partial charge in [0.25, 0.3) is 11.6 Å². The van der Waals surface area contributed by atoms with Crippen LogP contribution in [0.5, 0.6) is 11.5 Å². The van der Waals surface area contributed by atoms with Gasteiger partial charge in [-0.3, -0.25) is 14.9 Å². The first-order valence-corrected chi connectivity index (χ1v) is 7.43. The minimum Gasteiger partial charge on any atom is -0.486 e. The second kappa shape index (κ2) is 6.57. The lowest BCUT2D eigenvalue weighted by molar-refractivity contribution is -0.384. The molecule has 1 amide bonds. The molecule has 7 heteroatoms. The quantitative estimate of drug-likeness (QED) is 0.636. The number of hydrogen-bond acceptors (Lipinski definition) is 5. The third kappa shape index (κ3) is 3.29. The van der Waals surface area contributed by atoms with Crippen molar-refractivity contribution in [3.05, 3.63) is 64.2 Å². The summed E-state index contributed by atoms with van der Waals surface area (Å²) >= 11 is 0. The minimum absolute atomic E-state index is 0.111. The summed E-state index contributed by atoms with van der Waals surface area (Å²) < 4.78 is 11.4. The average Bonchev–Trinajstić information content (AvgIpc) is 2.61. The molecule has 24 heavy (non-hydrogen) atoms. The fraction of sp³-hybridized carbons (Fsp3) is 0.235. The molecule has 3 rings (SSSR count). The zero-order valence-electron chi connectivity index (χ0n) is 13.0. The zero-order valence-corrected chi connectivity index (χ0v) is 13.0. The average molecular weight is 328 g/mol. The van der Waals surface area contributed by atoms with Crippen LogP contribution in [0.4, 0.5) is 5.69 Å². The highest BCUT2D eigenvalue weighted by atomic mass is 16.6. The molecule has 2 aromatic rings. The monoisotopic (exact) mass is 328 g/mol. The van der Waals surface area contributed by atoms with Crippen LogP contribution in [0.15, 0.2) is 48.5 Å². The molecule has 0 aromatic heterocycles. The van der Waals surface area contributed by atoms with E-state index in [4.69, 9.17) is 9.47 Å². The van der Waals surface area contributed by atoms with Gasteiger partial charge in [-0.1, -0.05) is 18.2 Å². The van der Waals surface area contributed by atoms with Crippen molar-refractivity contribution < 1.29 is 19.2 Å². The van der Waals surface area contributed by atoms with Crippen molar-refractivity contribution in [2.24, 2.45) is 0 Å². The number of fused-ring (bicyclic) bond motifs is 1. The fourth-order valence-corrected chi connectivity index (χ4v) is 2.51. The molecule has 0 saturated carbocycles. The molecule has 0 N–H and O–H groups in total. The van der Waals surface area contributed by atoms with Crippen molar-refractivity contribution in [3.63, 3.8) is 0 Å². The number of nitrogens with zero attached hydrogens (tertiary/aromatic N) is 2. The molecule has 7 nitrogen and oxygen atoms in total.